The van der Waals surface area contributed by atoms with Crippen LogP contribution in [0.3, 0.4) is 0 Å². The monoisotopic (exact) mass is 406 g/mol. The van der Waals surface area contributed by atoms with E-state index in [2.05, 4.69) is 9.97 Å². The zero-order chi connectivity index (χ0) is 20.2. The molecule has 0 aliphatic carbocycles. The van der Waals surface area contributed by atoms with Crippen molar-refractivity contribution in [3.63, 3.8) is 0 Å². The van der Waals surface area contributed by atoms with Crippen LogP contribution in [0.25, 0.3) is 17.0 Å². The highest BCUT2D eigenvalue weighted by molar-refractivity contribution is 5.94. The van der Waals surface area contributed by atoms with Gasteiger partial charge in [0.05, 0.1) is 35.7 Å². The Bertz CT molecular complexity index is 1070. The summed E-state index contributed by atoms with van der Waals surface area (Å²) in [4.78, 5) is 22.7. The second-order valence-electron chi connectivity index (χ2n) is 7.45. The van der Waals surface area contributed by atoms with Gasteiger partial charge < -0.3 is 14.1 Å². The molecule has 1 amide bonds. The van der Waals surface area contributed by atoms with Gasteiger partial charge in [-0.3, -0.25) is 9.20 Å². The second kappa shape index (κ2) is 6.31. The van der Waals surface area contributed by atoms with Gasteiger partial charge in [-0.1, -0.05) is 0 Å². The molecule has 1 atom stereocenters. The SMILES string of the molecule is O=C(c1cnc2c(-c3cnco3)cc(C(F)(F)F)cn12)N1CCC2(CCCO2)C1. The van der Waals surface area contributed by atoms with Crippen LogP contribution in [0.5, 0.6) is 0 Å². The van der Waals surface area contributed by atoms with Crippen LogP contribution in [0.15, 0.2) is 35.5 Å². The number of fused-ring (bicyclic) bond motifs is 1. The maximum atomic E-state index is 13.5. The van der Waals surface area contributed by atoms with E-state index in [1.165, 1.54) is 16.8 Å². The van der Waals surface area contributed by atoms with Gasteiger partial charge in [0.15, 0.2) is 12.2 Å². The molecule has 0 saturated carbocycles. The molecule has 7 nitrogen and oxygen atoms in total. The Morgan fingerprint density at radius 3 is 2.79 bits per heavy atom. The summed E-state index contributed by atoms with van der Waals surface area (Å²) in [6, 6.07) is 0.953. The van der Waals surface area contributed by atoms with Gasteiger partial charge in [0.2, 0.25) is 0 Å². The van der Waals surface area contributed by atoms with E-state index < -0.39 is 11.7 Å². The number of ether oxygens (including phenoxy) is 1. The van der Waals surface area contributed by atoms with Crippen molar-refractivity contribution in [2.24, 2.45) is 0 Å². The Kier molecular flexibility index (Phi) is 3.95. The topological polar surface area (TPSA) is 72.9 Å². The van der Waals surface area contributed by atoms with Gasteiger partial charge in [0.25, 0.3) is 5.91 Å². The average Bonchev–Trinajstić information content (AvgIpc) is 3.48. The van der Waals surface area contributed by atoms with Crippen molar-refractivity contribution in [2.45, 2.75) is 31.0 Å². The van der Waals surface area contributed by atoms with Crippen molar-refractivity contribution < 1.29 is 27.1 Å². The van der Waals surface area contributed by atoms with E-state index in [4.69, 9.17) is 9.15 Å². The van der Waals surface area contributed by atoms with Gasteiger partial charge in [-0.15, -0.1) is 0 Å². The minimum absolute atomic E-state index is 0.0712. The van der Waals surface area contributed by atoms with Crippen molar-refractivity contribution >= 4 is 11.6 Å². The van der Waals surface area contributed by atoms with Gasteiger partial charge in [-0.2, -0.15) is 13.2 Å². The molecule has 0 bridgehead atoms. The van der Waals surface area contributed by atoms with Crippen LogP contribution in [0.2, 0.25) is 0 Å². The summed E-state index contributed by atoms with van der Waals surface area (Å²) in [5.74, 6) is -0.224. The molecule has 2 aliphatic heterocycles. The molecule has 29 heavy (non-hydrogen) atoms. The molecule has 5 heterocycles. The van der Waals surface area contributed by atoms with Crippen molar-refractivity contribution in [1.29, 1.82) is 0 Å². The number of hydrogen-bond acceptors (Lipinski definition) is 5. The Labute approximate surface area is 163 Å². The minimum atomic E-state index is -4.59. The highest BCUT2D eigenvalue weighted by Crippen LogP contribution is 2.37. The number of carbonyl (C=O) groups is 1. The first-order valence-electron chi connectivity index (χ1n) is 9.27. The first-order valence-corrected chi connectivity index (χ1v) is 9.27. The fraction of sp³-hybridized carbons (Fsp3) is 0.421. The summed E-state index contributed by atoms with van der Waals surface area (Å²) in [6.07, 6.45) is 2.62. The lowest BCUT2D eigenvalue weighted by molar-refractivity contribution is -0.137. The van der Waals surface area contributed by atoms with Crippen LogP contribution < -0.4 is 0 Å². The number of imidazole rings is 1. The lowest BCUT2D eigenvalue weighted by Gasteiger charge is -2.23. The summed E-state index contributed by atoms with van der Waals surface area (Å²) >= 11 is 0. The Balaban J connectivity index is 1.58. The summed E-state index contributed by atoms with van der Waals surface area (Å²) in [7, 11) is 0. The predicted molar refractivity (Wildman–Crippen MR) is 94.1 cm³/mol. The highest BCUT2D eigenvalue weighted by atomic mass is 19.4. The number of rotatable bonds is 2. The highest BCUT2D eigenvalue weighted by Gasteiger charge is 2.44. The number of alkyl halides is 3. The molecule has 3 aromatic rings. The molecule has 1 unspecified atom stereocenters. The summed E-state index contributed by atoms with van der Waals surface area (Å²) in [6.45, 7) is 1.61. The third-order valence-electron chi connectivity index (χ3n) is 5.64. The standard InChI is InChI=1S/C19H17F3N4O3/c20-19(21,22)12-6-13(15-8-23-11-28-15)16-24-7-14(26(16)9-12)17(27)25-4-3-18(10-25)2-1-5-29-18/h6-9,11H,1-5,10H2. The third-order valence-corrected chi connectivity index (χ3v) is 5.64. The van der Waals surface area contributed by atoms with Crippen LogP contribution in [0.4, 0.5) is 13.2 Å². The molecule has 0 aromatic carbocycles. The van der Waals surface area contributed by atoms with Gasteiger partial charge in [0.1, 0.15) is 11.3 Å². The van der Waals surface area contributed by atoms with E-state index in [0.29, 0.717) is 19.7 Å². The molecule has 3 aromatic heterocycles. The number of likely N-dealkylation sites (tertiary alicyclic amines) is 1. The van der Waals surface area contributed by atoms with Crippen LogP contribution in [-0.4, -0.2) is 50.5 Å². The summed E-state index contributed by atoms with van der Waals surface area (Å²) in [5.41, 5.74) is -0.835. The van der Waals surface area contributed by atoms with E-state index in [1.54, 1.807) is 4.90 Å². The number of nitrogens with zero attached hydrogens (tertiary/aromatic N) is 4. The van der Waals surface area contributed by atoms with E-state index >= 15 is 0 Å². The molecule has 2 aliphatic rings. The normalized spacial score (nSPS) is 22.2. The van der Waals surface area contributed by atoms with Gasteiger partial charge in [-0.25, -0.2) is 9.97 Å². The quantitative estimate of drug-likeness (QED) is 0.652. The number of aromatic nitrogens is 3. The number of pyridine rings is 1. The molecule has 152 valence electrons. The van der Waals surface area contributed by atoms with Crippen LogP contribution in [0.1, 0.15) is 35.3 Å². The predicted octanol–water partition coefficient (Wildman–Crippen LogP) is 3.40. The van der Waals surface area contributed by atoms with Gasteiger partial charge >= 0.3 is 6.18 Å². The lowest BCUT2D eigenvalue weighted by atomic mass is 10.00. The molecule has 0 N–H and O–H groups in total. The van der Waals surface area contributed by atoms with Gasteiger partial charge in [0, 0.05) is 19.3 Å². The van der Waals surface area contributed by atoms with E-state index in [9.17, 15) is 18.0 Å². The van der Waals surface area contributed by atoms with Crippen LogP contribution >= 0.6 is 0 Å². The second-order valence-corrected chi connectivity index (χ2v) is 7.45. The van der Waals surface area contributed by atoms with Crippen molar-refractivity contribution in [1.82, 2.24) is 19.3 Å². The maximum Gasteiger partial charge on any atom is 0.417 e. The number of oxazole rings is 1. The third kappa shape index (κ3) is 2.98. The molecular formula is C19H17F3N4O3. The first-order chi connectivity index (χ1) is 13.9. The summed E-state index contributed by atoms with van der Waals surface area (Å²) in [5, 5.41) is 0. The zero-order valence-corrected chi connectivity index (χ0v) is 15.3. The van der Waals surface area contributed by atoms with E-state index in [1.807, 2.05) is 0 Å². The average molecular weight is 406 g/mol. The molecule has 10 heteroatoms. The van der Waals surface area contributed by atoms with Crippen LogP contribution in [0, 0.1) is 0 Å². The minimum Gasteiger partial charge on any atom is -0.443 e. The molecule has 2 saturated heterocycles. The Morgan fingerprint density at radius 2 is 2.10 bits per heavy atom. The smallest absolute Gasteiger partial charge is 0.417 e. The molecule has 0 radical (unpaired) electrons. The Morgan fingerprint density at radius 1 is 1.24 bits per heavy atom. The number of halogens is 3. The zero-order valence-electron chi connectivity index (χ0n) is 15.3. The van der Waals surface area contributed by atoms with Crippen molar-refractivity contribution in [3.8, 4) is 11.3 Å². The van der Waals surface area contributed by atoms with E-state index in [0.717, 1.165) is 37.9 Å². The number of carbonyl (C=O) groups excluding carboxylic acids is 1. The largest absolute Gasteiger partial charge is 0.443 e. The van der Waals surface area contributed by atoms with E-state index in [-0.39, 0.29) is 34.2 Å². The maximum absolute atomic E-state index is 13.5. The molecule has 1 spiro atoms. The fourth-order valence-electron chi connectivity index (χ4n) is 4.19. The number of hydrogen-bond donors (Lipinski definition) is 0. The fourth-order valence-corrected chi connectivity index (χ4v) is 4.19. The first kappa shape index (κ1) is 18.2. The van der Waals surface area contributed by atoms with Crippen LogP contribution in [-0.2, 0) is 10.9 Å². The Hall–Kier alpha value is -2.88. The van der Waals surface area contributed by atoms with Crippen molar-refractivity contribution in [2.75, 3.05) is 19.7 Å². The number of amides is 1. The lowest BCUT2D eigenvalue weighted by Crippen LogP contribution is -2.36. The molecule has 2 fully saturated rings. The molecular weight excluding hydrogens is 389 g/mol. The summed E-state index contributed by atoms with van der Waals surface area (Å²) < 4.78 is 52.7. The van der Waals surface area contributed by atoms with Gasteiger partial charge in [-0.05, 0) is 25.3 Å². The van der Waals surface area contributed by atoms with Crippen molar-refractivity contribution in [3.05, 3.63) is 42.3 Å². The molecule has 5 rings (SSSR count).